The van der Waals surface area contributed by atoms with Crippen LogP contribution in [0.5, 0.6) is 0 Å². The lowest BCUT2D eigenvalue weighted by molar-refractivity contribution is -0.129. The Bertz CT molecular complexity index is 558. The molecule has 1 heterocycles. The van der Waals surface area contributed by atoms with Crippen molar-refractivity contribution >= 4 is 11.9 Å². The predicted molar refractivity (Wildman–Crippen MR) is 79.8 cm³/mol. The van der Waals surface area contributed by atoms with Gasteiger partial charge in [-0.05, 0) is 37.3 Å². The minimum absolute atomic E-state index is 0.145. The van der Waals surface area contributed by atoms with E-state index in [1.54, 1.807) is 0 Å². The van der Waals surface area contributed by atoms with Crippen molar-refractivity contribution in [2.75, 3.05) is 13.1 Å². The van der Waals surface area contributed by atoms with Crippen molar-refractivity contribution in [3.63, 3.8) is 0 Å². The van der Waals surface area contributed by atoms with Crippen LogP contribution in [0.3, 0.4) is 0 Å². The molecule has 5 heteroatoms. The number of rotatable bonds is 3. The van der Waals surface area contributed by atoms with Crippen molar-refractivity contribution in [3.05, 3.63) is 35.4 Å². The van der Waals surface area contributed by atoms with Crippen molar-refractivity contribution in [2.24, 2.45) is 0 Å². The first-order valence-electron chi connectivity index (χ1n) is 7.60. The molecule has 0 unspecified atom stereocenters. The lowest BCUT2D eigenvalue weighted by Crippen LogP contribution is -2.47. The quantitative estimate of drug-likeness (QED) is 0.887. The number of benzene rings is 1. The molecule has 0 bridgehead atoms. The van der Waals surface area contributed by atoms with Crippen molar-refractivity contribution in [1.82, 2.24) is 15.5 Å². The Morgan fingerprint density at radius 2 is 2.24 bits per heavy atom. The van der Waals surface area contributed by atoms with Gasteiger partial charge in [0.1, 0.15) is 0 Å². The van der Waals surface area contributed by atoms with Gasteiger partial charge in [0.05, 0.1) is 6.04 Å². The maximum absolute atomic E-state index is 12.3. The zero-order chi connectivity index (χ0) is 14.8. The first-order valence-corrected chi connectivity index (χ1v) is 7.60. The minimum Gasteiger partial charge on any atom is -0.336 e. The third-order valence-electron chi connectivity index (χ3n) is 4.31. The summed E-state index contributed by atoms with van der Waals surface area (Å²) in [6.45, 7) is 2.85. The van der Waals surface area contributed by atoms with Gasteiger partial charge in [0.15, 0.2) is 0 Å². The lowest BCUT2D eigenvalue weighted by atomic mass is 9.87. The van der Waals surface area contributed by atoms with Crippen LogP contribution in [0.1, 0.15) is 36.9 Å². The summed E-state index contributed by atoms with van der Waals surface area (Å²) in [6.07, 6.45) is 3.26. The number of fused-ring (bicyclic) bond motifs is 1. The molecule has 1 saturated heterocycles. The highest BCUT2D eigenvalue weighted by Gasteiger charge is 2.31. The van der Waals surface area contributed by atoms with Crippen LogP contribution in [0, 0.1) is 0 Å². The highest BCUT2D eigenvalue weighted by Crippen LogP contribution is 2.29. The number of hydrogen-bond donors (Lipinski definition) is 2. The molecule has 2 N–H and O–H groups in total. The zero-order valence-corrected chi connectivity index (χ0v) is 12.3. The van der Waals surface area contributed by atoms with Gasteiger partial charge in [-0.3, -0.25) is 15.0 Å². The van der Waals surface area contributed by atoms with Crippen LogP contribution < -0.4 is 10.6 Å². The van der Waals surface area contributed by atoms with Gasteiger partial charge in [-0.1, -0.05) is 24.3 Å². The van der Waals surface area contributed by atoms with E-state index in [0.717, 1.165) is 19.3 Å². The van der Waals surface area contributed by atoms with Crippen LogP contribution >= 0.6 is 0 Å². The average molecular weight is 287 g/mol. The molecule has 3 rings (SSSR count). The number of carbonyl (C=O) groups is 2. The second-order valence-corrected chi connectivity index (χ2v) is 5.75. The van der Waals surface area contributed by atoms with Gasteiger partial charge in [-0.2, -0.15) is 0 Å². The number of imide groups is 1. The molecule has 2 aliphatic rings. The average Bonchev–Trinajstić information content (AvgIpc) is 2.93. The van der Waals surface area contributed by atoms with Gasteiger partial charge >= 0.3 is 6.03 Å². The fourth-order valence-corrected chi connectivity index (χ4v) is 3.22. The number of amides is 3. The number of carbonyl (C=O) groups excluding carboxylic acids is 2. The number of aryl methyl sites for hydroxylation is 1. The number of nitrogens with one attached hydrogen (secondary N) is 2. The maximum Gasteiger partial charge on any atom is 0.324 e. The molecule has 5 nitrogen and oxygen atoms in total. The number of urea groups is 1. The van der Waals surface area contributed by atoms with Gasteiger partial charge in [0.2, 0.25) is 5.91 Å². The van der Waals surface area contributed by atoms with Crippen LogP contribution in [0.15, 0.2) is 24.3 Å². The standard InChI is InChI=1S/C16H21N3O2/c1-11(15(20)19-10-9-17-16(19)21)18-14-8-4-6-12-5-2-3-7-13(12)14/h2-3,5,7,11,14,18H,4,6,8-10H2,1H3,(H,17,21)/t11-,14-/m0/s1. The molecule has 1 fully saturated rings. The third-order valence-corrected chi connectivity index (χ3v) is 4.31. The van der Waals surface area contributed by atoms with Gasteiger partial charge in [-0.25, -0.2) is 4.79 Å². The molecule has 0 aromatic heterocycles. The predicted octanol–water partition coefficient (Wildman–Crippen LogP) is 1.59. The summed E-state index contributed by atoms with van der Waals surface area (Å²) in [5.41, 5.74) is 2.65. The third kappa shape index (κ3) is 2.78. The van der Waals surface area contributed by atoms with E-state index in [4.69, 9.17) is 0 Å². The number of hydrogen-bond acceptors (Lipinski definition) is 3. The van der Waals surface area contributed by atoms with E-state index in [0.29, 0.717) is 13.1 Å². The normalized spacial score (nSPS) is 22.6. The smallest absolute Gasteiger partial charge is 0.324 e. The van der Waals surface area contributed by atoms with E-state index < -0.39 is 0 Å². The van der Waals surface area contributed by atoms with Crippen molar-refractivity contribution in [2.45, 2.75) is 38.3 Å². The maximum atomic E-state index is 12.3. The van der Waals surface area contributed by atoms with E-state index in [1.807, 2.05) is 13.0 Å². The summed E-state index contributed by atoms with van der Waals surface area (Å²) in [4.78, 5) is 25.2. The zero-order valence-electron chi connectivity index (χ0n) is 12.3. The van der Waals surface area contributed by atoms with Crippen LogP contribution in [0.4, 0.5) is 4.79 Å². The first kappa shape index (κ1) is 14.1. The molecule has 1 aromatic rings. The number of nitrogens with zero attached hydrogens (tertiary/aromatic N) is 1. The summed E-state index contributed by atoms with van der Waals surface area (Å²) in [7, 11) is 0. The van der Waals surface area contributed by atoms with Crippen LogP contribution in [0.2, 0.25) is 0 Å². The van der Waals surface area contributed by atoms with Crippen LogP contribution in [-0.4, -0.2) is 36.0 Å². The molecule has 0 spiro atoms. The van der Waals surface area contributed by atoms with Crippen LogP contribution in [-0.2, 0) is 11.2 Å². The molecule has 0 radical (unpaired) electrons. The lowest BCUT2D eigenvalue weighted by Gasteiger charge is -2.29. The summed E-state index contributed by atoms with van der Waals surface area (Å²) in [5.74, 6) is -0.145. The van der Waals surface area contributed by atoms with Crippen LogP contribution in [0.25, 0.3) is 0 Å². The van der Waals surface area contributed by atoms with E-state index in [-0.39, 0.29) is 24.0 Å². The van der Waals surface area contributed by atoms with E-state index >= 15 is 0 Å². The van der Waals surface area contributed by atoms with E-state index in [1.165, 1.54) is 16.0 Å². The largest absolute Gasteiger partial charge is 0.336 e. The molecule has 3 amide bonds. The summed E-state index contributed by atoms with van der Waals surface area (Å²) < 4.78 is 0. The summed E-state index contributed by atoms with van der Waals surface area (Å²) in [6, 6.07) is 7.95. The molecule has 21 heavy (non-hydrogen) atoms. The Morgan fingerprint density at radius 1 is 1.43 bits per heavy atom. The van der Waals surface area contributed by atoms with Gasteiger partial charge in [0, 0.05) is 19.1 Å². The second-order valence-electron chi connectivity index (χ2n) is 5.75. The fourth-order valence-electron chi connectivity index (χ4n) is 3.22. The molecule has 1 aliphatic heterocycles. The topological polar surface area (TPSA) is 61.4 Å². The molecule has 1 aliphatic carbocycles. The summed E-state index contributed by atoms with van der Waals surface area (Å²) in [5, 5.41) is 6.06. The first-order chi connectivity index (χ1) is 10.2. The van der Waals surface area contributed by atoms with Crippen molar-refractivity contribution in [3.8, 4) is 0 Å². The molecule has 2 atom stereocenters. The Morgan fingerprint density at radius 3 is 3.00 bits per heavy atom. The molecule has 112 valence electrons. The summed E-state index contributed by atoms with van der Waals surface area (Å²) >= 11 is 0. The van der Waals surface area contributed by atoms with Gasteiger partial charge in [-0.15, -0.1) is 0 Å². The Hall–Kier alpha value is -1.88. The van der Waals surface area contributed by atoms with Crippen molar-refractivity contribution in [1.29, 1.82) is 0 Å². The Balaban J connectivity index is 1.69. The second kappa shape index (κ2) is 5.85. The molecule has 0 saturated carbocycles. The van der Waals surface area contributed by atoms with Gasteiger partial charge < -0.3 is 5.32 Å². The Labute approximate surface area is 124 Å². The minimum atomic E-state index is -0.356. The highest BCUT2D eigenvalue weighted by molar-refractivity contribution is 5.98. The SMILES string of the molecule is C[C@H](N[C@H]1CCCc2ccccc21)C(=O)N1CCNC1=O. The Kier molecular flexibility index (Phi) is 3.92. The van der Waals surface area contributed by atoms with E-state index in [2.05, 4.69) is 28.8 Å². The molecular formula is C16H21N3O2. The fraction of sp³-hybridized carbons (Fsp3) is 0.500. The molecular weight excluding hydrogens is 266 g/mol. The van der Waals surface area contributed by atoms with E-state index in [9.17, 15) is 9.59 Å². The monoisotopic (exact) mass is 287 g/mol. The van der Waals surface area contributed by atoms with Crippen molar-refractivity contribution < 1.29 is 9.59 Å². The highest BCUT2D eigenvalue weighted by atomic mass is 16.2. The molecule has 1 aromatic carbocycles. The van der Waals surface area contributed by atoms with Gasteiger partial charge in [0.25, 0.3) is 0 Å².